The molecule has 6 heteroatoms. The summed E-state index contributed by atoms with van der Waals surface area (Å²) in [5.74, 6) is -1.09. The minimum absolute atomic E-state index is 0. The molecule has 0 atom stereocenters. The minimum Gasteiger partial charge on any atom is -0.480 e. The Balaban J connectivity index is 0. The second-order valence-corrected chi connectivity index (χ2v) is 1.47. The van der Waals surface area contributed by atoms with Crippen LogP contribution in [0.2, 0.25) is 0 Å². The van der Waals surface area contributed by atoms with Crippen LogP contribution < -0.4 is 5.32 Å². The number of carboxylic acids is 1. The molecule has 0 aliphatic carbocycles. The third-order valence-corrected chi connectivity index (χ3v) is 0.659. The number of aliphatic carboxylic acids is 1. The summed E-state index contributed by atoms with van der Waals surface area (Å²) < 4.78 is 4.38. The van der Waals surface area contributed by atoms with Crippen molar-refractivity contribution in [2.24, 2.45) is 0 Å². The Kier molecular flexibility index (Phi) is 8.23. The van der Waals surface area contributed by atoms with Gasteiger partial charge in [0.25, 0.3) is 0 Å². The highest BCUT2D eigenvalue weighted by molar-refractivity contribution is 5.85. The van der Waals surface area contributed by atoms with Crippen LogP contribution in [0.3, 0.4) is 0 Å². The van der Waals surface area contributed by atoms with Crippen molar-refractivity contribution in [2.75, 3.05) is 13.2 Å². The van der Waals surface area contributed by atoms with E-state index in [0.717, 1.165) is 0 Å². The topological polar surface area (TPSA) is 75.6 Å². The van der Waals surface area contributed by atoms with Crippen molar-refractivity contribution in [3.05, 3.63) is 0 Å². The van der Waals surface area contributed by atoms with E-state index < -0.39 is 18.6 Å². The largest absolute Gasteiger partial charge is 0.480 e. The van der Waals surface area contributed by atoms with Crippen LogP contribution in [0.5, 0.6) is 0 Å². The third-order valence-electron chi connectivity index (χ3n) is 0.659. The van der Waals surface area contributed by atoms with Gasteiger partial charge in [-0.3, -0.25) is 4.79 Å². The molecule has 0 aromatic rings. The van der Waals surface area contributed by atoms with E-state index in [2.05, 4.69) is 4.74 Å². The Labute approximate surface area is 70.1 Å². The number of hydrogen-bond donors (Lipinski definition) is 2. The first-order chi connectivity index (χ1) is 4.66. The van der Waals surface area contributed by atoms with Crippen LogP contribution >= 0.6 is 12.4 Å². The van der Waals surface area contributed by atoms with Gasteiger partial charge < -0.3 is 15.2 Å². The normalized spacial score (nSPS) is 7.73. The molecule has 11 heavy (non-hydrogen) atoms. The highest BCUT2D eigenvalue weighted by Crippen LogP contribution is 1.74. The molecular weight excluding hydrogens is 174 g/mol. The fourth-order valence-corrected chi connectivity index (χ4v) is 0.330. The van der Waals surface area contributed by atoms with E-state index in [4.69, 9.17) is 5.11 Å². The number of carbonyl (C=O) groups is 2. The lowest BCUT2D eigenvalue weighted by Crippen LogP contribution is -2.29. The van der Waals surface area contributed by atoms with Gasteiger partial charge in [-0.15, -0.1) is 12.4 Å². The summed E-state index contributed by atoms with van der Waals surface area (Å²) in [4.78, 5) is 20.2. The average Bonchev–Trinajstić information content (AvgIpc) is 1.85. The van der Waals surface area contributed by atoms with Gasteiger partial charge in [-0.05, 0) is 6.92 Å². The number of amides is 1. The molecule has 0 aromatic carbocycles. The summed E-state index contributed by atoms with van der Waals surface area (Å²) in [5, 5.41) is 10.1. The molecule has 0 spiro atoms. The summed E-state index contributed by atoms with van der Waals surface area (Å²) >= 11 is 0. The smallest absolute Gasteiger partial charge is 0.407 e. The number of rotatable bonds is 3. The number of halogens is 1. The fourth-order valence-electron chi connectivity index (χ4n) is 0.330. The second-order valence-electron chi connectivity index (χ2n) is 1.47. The molecule has 0 saturated carbocycles. The summed E-state index contributed by atoms with van der Waals surface area (Å²) in [7, 11) is 0. The first kappa shape index (κ1) is 12.7. The van der Waals surface area contributed by atoms with Gasteiger partial charge in [-0.25, -0.2) is 4.79 Å². The molecule has 0 radical (unpaired) electrons. The van der Waals surface area contributed by atoms with Crippen molar-refractivity contribution in [1.82, 2.24) is 5.32 Å². The van der Waals surface area contributed by atoms with Crippen LogP contribution in [0.15, 0.2) is 0 Å². The van der Waals surface area contributed by atoms with Crippen LogP contribution in [0.4, 0.5) is 4.79 Å². The molecular formula is C5H10ClNO4. The molecule has 2 N–H and O–H groups in total. The predicted octanol–water partition coefficient (Wildman–Crippen LogP) is 0.239. The third kappa shape index (κ3) is 9.03. The van der Waals surface area contributed by atoms with Gasteiger partial charge in [-0.1, -0.05) is 0 Å². The predicted molar refractivity (Wildman–Crippen MR) is 39.9 cm³/mol. The number of carbonyl (C=O) groups excluding carboxylic acids is 1. The molecule has 0 rings (SSSR count). The highest BCUT2D eigenvalue weighted by Gasteiger charge is 2.01. The van der Waals surface area contributed by atoms with E-state index >= 15 is 0 Å². The molecule has 0 bridgehead atoms. The van der Waals surface area contributed by atoms with E-state index in [-0.39, 0.29) is 19.0 Å². The lowest BCUT2D eigenvalue weighted by molar-refractivity contribution is -0.135. The molecule has 0 aliphatic heterocycles. The molecule has 5 nitrogen and oxygen atoms in total. The van der Waals surface area contributed by atoms with E-state index in [9.17, 15) is 9.59 Å². The lowest BCUT2D eigenvalue weighted by Gasteiger charge is -2.00. The summed E-state index contributed by atoms with van der Waals surface area (Å²) in [5.41, 5.74) is 0. The standard InChI is InChI=1S/C5H9NO4.ClH/c1-2-10-5(9)6-3-4(7)8;/h2-3H2,1H3,(H,6,9)(H,7,8);1H. The van der Waals surface area contributed by atoms with Gasteiger partial charge in [0.15, 0.2) is 0 Å². The van der Waals surface area contributed by atoms with Crippen LogP contribution in [0, 0.1) is 0 Å². The Morgan fingerprint density at radius 2 is 2.09 bits per heavy atom. The van der Waals surface area contributed by atoms with Crippen molar-refractivity contribution in [1.29, 1.82) is 0 Å². The molecule has 0 aromatic heterocycles. The van der Waals surface area contributed by atoms with E-state index in [1.165, 1.54) is 0 Å². The maximum atomic E-state index is 10.4. The molecule has 66 valence electrons. The Bertz CT molecular complexity index is 138. The SMILES string of the molecule is CCOC(=O)NCC(=O)O.Cl. The molecule has 0 fully saturated rings. The summed E-state index contributed by atoms with van der Waals surface area (Å²) in [6, 6.07) is 0. The zero-order chi connectivity index (χ0) is 7.98. The van der Waals surface area contributed by atoms with Crippen molar-refractivity contribution in [2.45, 2.75) is 6.92 Å². The van der Waals surface area contributed by atoms with Crippen molar-refractivity contribution in [3.8, 4) is 0 Å². The van der Waals surface area contributed by atoms with Crippen molar-refractivity contribution < 1.29 is 19.4 Å². The maximum Gasteiger partial charge on any atom is 0.407 e. The van der Waals surface area contributed by atoms with Gasteiger partial charge in [0, 0.05) is 0 Å². The number of alkyl carbamates (subject to hydrolysis) is 1. The van der Waals surface area contributed by atoms with Gasteiger partial charge in [0.1, 0.15) is 6.54 Å². The van der Waals surface area contributed by atoms with E-state index in [1.54, 1.807) is 6.92 Å². The van der Waals surface area contributed by atoms with Gasteiger partial charge >= 0.3 is 12.1 Å². The first-order valence-electron chi connectivity index (χ1n) is 2.79. The summed E-state index contributed by atoms with van der Waals surface area (Å²) in [6.07, 6.45) is -0.704. The first-order valence-corrected chi connectivity index (χ1v) is 2.79. The van der Waals surface area contributed by atoms with Crippen molar-refractivity contribution in [3.63, 3.8) is 0 Å². The molecule has 0 aliphatic rings. The average molecular weight is 184 g/mol. The van der Waals surface area contributed by atoms with E-state index in [0.29, 0.717) is 0 Å². The van der Waals surface area contributed by atoms with Crippen molar-refractivity contribution >= 4 is 24.5 Å². The Morgan fingerprint density at radius 1 is 1.55 bits per heavy atom. The zero-order valence-corrected chi connectivity index (χ0v) is 6.81. The van der Waals surface area contributed by atoms with Gasteiger partial charge in [0.05, 0.1) is 6.61 Å². The molecule has 0 heterocycles. The zero-order valence-electron chi connectivity index (χ0n) is 5.99. The lowest BCUT2D eigenvalue weighted by atomic mass is 10.7. The van der Waals surface area contributed by atoms with Gasteiger partial charge in [0.2, 0.25) is 0 Å². The van der Waals surface area contributed by atoms with Crippen LogP contribution in [0.25, 0.3) is 0 Å². The highest BCUT2D eigenvalue weighted by atomic mass is 35.5. The minimum atomic E-state index is -1.09. The molecule has 1 amide bonds. The number of nitrogens with one attached hydrogen (secondary N) is 1. The Morgan fingerprint density at radius 3 is 2.45 bits per heavy atom. The molecule has 0 saturated heterocycles. The number of hydrogen-bond acceptors (Lipinski definition) is 3. The van der Waals surface area contributed by atoms with Crippen LogP contribution in [-0.4, -0.2) is 30.3 Å². The fraction of sp³-hybridized carbons (Fsp3) is 0.600. The van der Waals surface area contributed by atoms with E-state index in [1.807, 2.05) is 5.32 Å². The summed E-state index contributed by atoms with van der Waals surface area (Å²) in [6.45, 7) is 1.48. The van der Waals surface area contributed by atoms with Crippen LogP contribution in [-0.2, 0) is 9.53 Å². The monoisotopic (exact) mass is 183 g/mol. The number of carboxylic acid groups (broad SMARTS) is 1. The quantitative estimate of drug-likeness (QED) is 0.657. The van der Waals surface area contributed by atoms with Crippen LogP contribution in [0.1, 0.15) is 6.92 Å². The maximum absolute atomic E-state index is 10.4. The second kappa shape index (κ2) is 7.14. The molecule has 0 unspecified atom stereocenters. The number of ether oxygens (including phenoxy) is 1. The van der Waals surface area contributed by atoms with Gasteiger partial charge in [-0.2, -0.15) is 0 Å². The Hall–Kier alpha value is -0.970.